The summed E-state index contributed by atoms with van der Waals surface area (Å²) in [5.74, 6) is -0.528. The van der Waals surface area contributed by atoms with E-state index < -0.39 is 10.0 Å². The van der Waals surface area contributed by atoms with Gasteiger partial charge >= 0.3 is 0 Å². The van der Waals surface area contributed by atoms with Crippen LogP contribution in [0.5, 0.6) is 0 Å². The number of hydrogen-bond acceptors (Lipinski definition) is 5. The van der Waals surface area contributed by atoms with Crippen molar-refractivity contribution in [1.29, 1.82) is 0 Å². The van der Waals surface area contributed by atoms with Crippen LogP contribution in [0.15, 0.2) is 77.7 Å². The Bertz CT molecular complexity index is 1400. The maximum atomic E-state index is 13.2. The zero-order chi connectivity index (χ0) is 28.8. The molecule has 1 amide bonds. The van der Waals surface area contributed by atoms with E-state index in [1.54, 1.807) is 24.3 Å². The van der Waals surface area contributed by atoms with Crippen molar-refractivity contribution >= 4 is 15.9 Å². The highest BCUT2D eigenvalue weighted by molar-refractivity contribution is 7.89. The summed E-state index contributed by atoms with van der Waals surface area (Å²) in [5.41, 5.74) is 4.09. The molecular weight excluding hydrogens is 541 g/mol. The molecule has 5 rings (SSSR count). The van der Waals surface area contributed by atoms with Crippen molar-refractivity contribution in [2.75, 3.05) is 26.3 Å². The average Bonchev–Trinajstić information content (AvgIpc) is 2.98. The Morgan fingerprint density at radius 2 is 1.49 bits per heavy atom. The Kier molecular flexibility index (Phi) is 9.49. The van der Waals surface area contributed by atoms with Crippen LogP contribution < -0.4 is 10.0 Å². The second-order valence-corrected chi connectivity index (χ2v) is 12.8. The molecule has 2 fully saturated rings. The largest absolute Gasteiger partial charge is 0.379 e. The van der Waals surface area contributed by atoms with E-state index in [0.717, 1.165) is 49.5 Å². The van der Waals surface area contributed by atoms with Crippen LogP contribution in [0.3, 0.4) is 0 Å². The van der Waals surface area contributed by atoms with Gasteiger partial charge in [0.15, 0.2) is 0 Å². The van der Waals surface area contributed by atoms with Crippen molar-refractivity contribution in [1.82, 2.24) is 14.9 Å². The number of benzene rings is 3. The third kappa shape index (κ3) is 7.80. The van der Waals surface area contributed by atoms with Gasteiger partial charge in [-0.15, -0.1) is 0 Å². The summed E-state index contributed by atoms with van der Waals surface area (Å²) in [4.78, 5) is 15.4. The molecule has 0 bridgehead atoms. The highest BCUT2D eigenvalue weighted by atomic mass is 32.2. The van der Waals surface area contributed by atoms with Gasteiger partial charge in [-0.25, -0.2) is 17.5 Å². The summed E-state index contributed by atoms with van der Waals surface area (Å²) in [7, 11) is -3.68. The standard InChI is InChI=1S/C32H38FN3O4S/c1-23(25-6-12-29(33)13-7-25)34-32(37)28-8-14-30(15-9-28)35-41(38,39)31-16-10-27(11-17-31)26-4-2-24(3-5-26)22-36-18-20-40-21-19-36/h2-7,10-13,16-17,23,28,30,35H,8-9,14-15,18-22H2,1H3,(H,34,37)/t23-,28-,30-/m1/s1. The van der Waals surface area contributed by atoms with Gasteiger partial charge in [0.05, 0.1) is 24.2 Å². The van der Waals surface area contributed by atoms with E-state index in [0.29, 0.717) is 25.7 Å². The number of amides is 1. The van der Waals surface area contributed by atoms with Gasteiger partial charge in [-0.2, -0.15) is 0 Å². The smallest absolute Gasteiger partial charge is 0.240 e. The SMILES string of the molecule is C[C@@H](NC(=O)[C@H]1CC[C@H](NS(=O)(=O)c2ccc(-c3ccc(CN4CCOCC4)cc3)cc2)CC1)c1ccc(F)cc1. The molecule has 41 heavy (non-hydrogen) atoms. The highest BCUT2D eigenvalue weighted by Gasteiger charge is 2.30. The summed E-state index contributed by atoms with van der Waals surface area (Å²) in [6.45, 7) is 6.22. The molecule has 218 valence electrons. The monoisotopic (exact) mass is 579 g/mol. The number of sulfonamides is 1. The Hall–Kier alpha value is -3.11. The summed E-state index contributed by atoms with van der Waals surface area (Å²) in [6, 6.07) is 21.0. The first kappa shape index (κ1) is 29.4. The molecular formula is C32H38FN3O4S. The van der Waals surface area contributed by atoms with Gasteiger partial charge in [-0.3, -0.25) is 9.69 Å². The number of hydrogen-bond donors (Lipinski definition) is 2. The molecule has 1 atom stereocenters. The molecule has 3 aromatic rings. The number of ether oxygens (including phenoxy) is 1. The van der Waals surface area contributed by atoms with Crippen LogP contribution in [0.2, 0.25) is 0 Å². The fourth-order valence-electron chi connectivity index (χ4n) is 5.57. The number of rotatable bonds is 9. The molecule has 1 aliphatic heterocycles. The fourth-order valence-corrected chi connectivity index (χ4v) is 6.88. The molecule has 2 aliphatic rings. The van der Waals surface area contributed by atoms with Crippen molar-refractivity contribution in [2.24, 2.45) is 5.92 Å². The van der Waals surface area contributed by atoms with Gasteiger partial charge in [0.2, 0.25) is 15.9 Å². The second kappa shape index (κ2) is 13.2. The predicted octanol–water partition coefficient (Wildman–Crippen LogP) is 5.04. The molecule has 7 nitrogen and oxygen atoms in total. The molecule has 3 aromatic carbocycles. The lowest BCUT2D eigenvalue weighted by Crippen LogP contribution is -2.41. The van der Waals surface area contributed by atoms with Gasteiger partial charge in [0.1, 0.15) is 5.82 Å². The first-order valence-electron chi connectivity index (χ1n) is 14.3. The Labute approximate surface area is 242 Å². The van der Waals surface area contributed by atoms with E-state index in [4.69, 9.17) is 4.74 Å². The second-order valence-electron chi connectivity index (χ2n) is 11.1. The quantitative estimate of drug-likeness (QED) is 0.371. The lowest BCUT2D eigenvalue weighted by Gasteiger charge is -2.29. The van der Waals surface area contributed by atoms with E-state index >= 15 is 0 Å². The number of nitrogens with one attached hydrogen (secondary N) is 2. The molecule has 2 N–H and O–H groups in total. The van der Waals surface area contributed by atoms with Crippen molar-refractivity contribution in [3.8, 4) is 11.1 Å². The van der Waals surface area contributed by atoms with Crippen molar-refractivity contribution in [2.45, 2.75) is 56.1 Å². The molecule has 0 spiro atoms. The lowest BCUT2D eigenvalue weighted by atomic mass is 9.85. The first-order chi connectivity index (χ1) is 19.8. The van der Waals surface area contributed by atoms with Crippen LogP contribution in [-0.2, 0) is 26.1 Å². The molecule has 9 heteroatoms. The maximum Gasteiger partial charge on any atom is 0.240 e. The minimum Gasteiger partial charge on any atom is -0.379 e. The first-order valence-corrected chi connectivity index (χ1v) is 15.8. The Morgan fingerprint density at radius 3 is 2.10 bits per heavy atom. The molecule has 1 heterocycles. The van der Waals surface area contributed by atoms with E-state index in [1.165, 1.54) is 17.7 Å². The minimum absolute atomic E-state index is 0.0483. The molecule has 0 unspecified atom stereocenters. The van der Waals surface area contributed by atoms with E-state index in [1.807, 2.05) is 19.1 Å². The van der Waals surface area contributed by atoms with Crippen LogP contribution in [0.4, 0.5) is 4.39 Å². The zero-order valence-corrected chi connectivity index (χ0v) is 24.2. The fraction of sp³-hybridized carbons (Fsp3) is 0.406. The average molecular weight is 580 g/mol. The number of carbonyl (C=O) groups is 1. The Morgan fingerprint density at radius 1 is 0.902 bits per heavy atom. The highest BCUT2D eigenvalue weighted by Crippen LogP contribution is 2.28. The number of nitrogens with zero attached hydrogens (tertiary/aromatic N) is 1. The predicted molar refractivity (Wildman–Crippen MR) is 157 cm³/mol. The van der Waals surface area contributed by atoms with Crippen LogP contribution in [0, 0.1) is 11.7 Å². The van der Waals surface area contributed by atoms with E-state index in [9.17, 15) is 17.6 Å². The Balaban J connectivity index is 1.11. The van der Waals surface area contributed by atoms with Gasteiger partial charge in [0.25, 0.3) is 0 Å². The summed E-state index contributed by atoms with van der Waals surface area (Å²) < 4.78 is 47.6. The van der Waals surface area contributed by atoms with Crippen LogP contribution in [0.1, 0.15) is 49.8 Å². The third-order valence-electron chi connectivity index (χ3n) is 8.11. The number of carbonyl (C=O) groups excluding carboxylic acids is 1. The third-order valence-corrected chi connectivity index (χ3v) is 9.65. The van der Waals surface area contributed by atoms with Gasteiger partial charge in [-0.05, 0) is 79.1 Å². The van der Waals surface area contributed by atoms with E-state index in [-0.39, 0.29) is 34.6 Å². The maximum absolute atomic E-state index is 13.2. The summed E-state index contributed by atoms with van der Waals surface area (Å²) in [5, 5.41) is 3.01. The molecule has 0 radical (unpaired) electrons. The topological polar surface area (TPSA) is 87.7 Å². The number of halogens is 1. The normalized spacial score (nSPS) is 20.8. The van der Waals surface area contributed by atoms with Crippen molar-refractivity contribution in [3.05, 3.63) is 89.7 Å². The van der Waals surface area contributed by atoms with Gasteiger partial charge in [0, 0.05) is 31.6 Å². The van der Waals surface area contributed by atoms with Crippen LogP contribution in [-0.4, -0.2) is 51.6 Å². The van der Waals surface area contributed by atoms with Gasteiger partial charge in [-0.1, -0.05) is 48.5 Å². The summed E-state index contributed by atoms with van der Waals surface area (Å²) >= 11 is 0. The van der Waals surface area contributed by atoms with Gasteiger partial charge < -0.3 is 10.1 Å². The summed E-state index contributed by atoms with van der Waals surface area (Å²) in [6.07, 6.45) is 2.40. The molecule has 1 saturated heterocycles. The van der Waals surface area contributed by atoms with Crippen molar-refractivity contribution < 1.29 is 22.3 Å². The lowest BCUT2D eigenvalue weighted by molar-refractivity contribution is -0.126. The zero-order valence-electron chi connectivity index (χ0n) is 23.4. The number of morpholine rings is 1. The van der Waals surface area contributed by atoms with Crippen LogP contribution >= 0.6 is 0 Å². The minimum atomic E-state index is -3.68. The van der Waals surface area contributed by atoms with E-state index in [2.05, 4.69) is 39.2 Å². The van der Waals surface area contributed by atoms with Crippen molar-refractivity contribution in [3.63, 3.8) is 0 Å². The molecule has 0 aromatic heterocycles. The van der Waals surface area contributed by atoms with Crippen LogP contribution in [0.25, 0.3) is 11.1 Å². The molecule has 1 aliphatic carbocycles. The molecule has 1 saturated carbocycles.